The maximum absolute atomic E-state index is 9.13. The van der Waals surface area contributed by atoms with Gasteiger partial charge >= 0.3 is 0 Å². The maximum Gasteiger partial charge on any atom is 0.0994 e. The van der Waals surface area contributed by atoms with E-state index in [1.54, 1.807) is 0 Å². The summed E-state index contributed by atoms with van der Waals surface area (Å²) in [6.45, 7) is 1.12. The fraction of sp³-hybridized carbons (Fsp3) is 0.650. The standard InChI is InChI=1S/C20H26N2S/c21-12-14-4-1-2-5-15(14)13-23-9-8-22-20-11-16-10-19(20)18-7-3-6-17(16)18/h1-2,4-5,16-20,22H,3,6-11,13H2/t16-,17-,18+,19-,20+/m1/s1. The van der Waals surface area contributed by atoms with Gasteiger partial charge in [0.1, 0.15) is 0 Å². The molecule has 0 heterocycles. The van der Waals surface area contributed by atoms with Crippen molar-refractivity contribution in [1.29, 1.82) is 5.26 Å². The molecule has 3 fully saturated rings. The first-order chi connectivity index (χ1) is 11.4. The monoisotopic (exact) mass is 326 g/mol. The van der Waals surface area contributed by atoms with Crippen LogP contribution in [0.4, 0.5) is 0 Å². The third kappa shape index (κ3) is 3.04. The molecule has 0 aliphatic heterocycles. The van der Waals surface area contributed by atoms with Crippen molar-refractivity contribution in [1.82, 2.24) is 5.32 Å². The van der Waals surface area contributed by atoms with E-state index >= 15 is 0 Å². The van der Waals surface area contributed by atoms with Crippen molar-refractivity contribution in [2.24, 2.45) is 23.7 Å². The summed E-state index contributed by atoms with van der Waals surface area (Å²) in [4.78, 5) is 0. The number of benzene rings is 1. The molecule has 23 heavy (non-hydrogen) atoms. The van der Waals surface area contributed by atoms with E-state index in [9.17, 15) is 0 Å². The molecule has 3 saturated carbocycles. The molecule has 1 N–H and O–H groups in total. The Hall–Kier alpha value is -0.980. The molecule has 1 aromatic rings. The first-order valence-corrected chi connectivity index (χ1v) is 10.3. The van der Waals surface area contributed by atoms with Crippen LogP contribution in [-0.2, 0) is 5.75 Å². The predicted molar refractivity (Wildman–Crippen MR) is 96.2 cm³/mol. The summed E-state index contributed by atoms with van der Waals surface area (Å²) in [6.07, 6.45) is 7.46. The fourth-order valence-corrected chi connectivity index (χ4v) is 6.43. The summed E-state index contributed by atoms with van der Waals surface area (Å²) in [5.74, 6) is 6.27. The highest BCUT2D eigenvalue weighted by atomic mass is 32.2. The zero-order chi connectivity index (χ0) is 15.6. The van der Waals surface area contributed by atoms with Crippen LogP contribution in [0.1, 0.15) is 43.2 Å². The van der Waals surface area contributed by atoms with E-state index in [1.165, 1.54) is 37.7 Å². The molecule has 3 aliphatic carbocycles. The van der Waals surface area contributed by atoms with Crippen LogP contribution >= 0.6 is 11.8 Å². The van der Waals surface area contributed by atoms with Gasteiger partial charge in [-0.25, -0.2) is 0 Å². The molecule has 3 aliphatic rings. The molecule has 2 nitrogen and oxygen atoms in total. The van der Waals surface area contributed by atoms with Crippen LogP contribution in [0.3, 0.4) is 0 Å². The average molecular weight is 327 g/mol. The van der Waals surface area contributed by atoms with Crippen LogP contribution in [0.15, 0.2) is 24.3 Å². The molecule has 0 saturated heterocycles. The Kier molecular flexibility index (Phi) is 4.64. The van der Waals surface area contributed by atoms with Crippen molar-refractivity contribution >= 4 is 11.8 Å². The van der Waals surface area contributed by atoms with E-state index < -0.39 is 0 Å². The smallest absolute Gasteiger partial charge is 0.0994 e. The van der Waals surface area contributed by atoms with Crippen molar-refractivity contribution in [2.75, 3.05) is 12.3 Å². The number of hydrogen-bond acceptors (Lipinski definition) is 3. The quantitative estimate of drug-likeness (QED) is 0.796. The normalized spacial score (nSPS) is 34.5. The van der Waals surface area contributed by atoms with Crippen molar-refractivity contribution in [2.45, 2.75) is 43.9 Å². The highest BCUT2D eigenvalue weighted by Gasteiger charge is 2.53. The zero-order valence-corrected chi connectivity index (χ0v) is 14.5. The van der Waals surface area contributed by atoms with Gasteiger partial charge in [0.05, 0.1) is 11.6 Å². The lowest BCUT2D eigenvalue weighted by atomic mass is 9.79. The van der Waals surface area contributed by atoms with Gasteiger partial charge in [0, 0.05) is 24.1 Å². The molecule has 1 aromatic carbocycles. The van der Waals surface area contributed by atoms with E-state index in [2.05, 4.69) is 17.5 Å². The molecular weight excluding hydrogens is 300 g/mol. The number of nitrogens with one attached hydrogen (secondary N) is 1. The molecule has 0 spiro atoms. The van der Waals surface area contributed by atoms with Gasteiger partial charge in [0.25, 0.3) is 0 Å². The van der Waals surface area contributed by atoms with E-state index in [0.717, 1.165) is 53.3 Å². The highest BCUT2D eigenvalue weighted by molar-refractivity contribution is 7.98. The van der Waals surface area contributed by atoms with Crippen molar-refractivity contribution in [3.63, 3.8) is 0 Å². The number of hydrogen-bond donors (Lipinski definition) is 1. The summed E-state index contributed by atoms with van der Waals surface area (Å²) in [7, 11) is 0. The third-order valence-corrected chi connectivity index (χ3v) is 7.48. The molecule has 3 heteroatoms. The largest absolute Gasteiger partial charge is 0.313 e. The second kappa shape index (κ2) is 6.87. The second-order valence-electron chi connectivity index (χ2n) is 7.54. The molecule has 4 rings (SSSR count). The average Bonchev–Trinajstić information content (AvgIpc) is 3.27. The lowest BCUT2D eigenvalue weighted by Crippen LogP contribution is -2.40. The van der Waals surface area contributed by atoms with Crippen molar-refractivity contribution < 1.29 is 0 Å². The van der Waals surface area contributed by atoms with Gasteiger partial charge < -0.3 is 5.32 Å². The predicted octanol–water partition coefficient (Wildman–Crippen LogP) is 4.21. The van der Waals surface area contributed by atoms with E-state index in [4.69, 9.17) is 5.26 Å². The summed E-state index contributed by atoms with van der Waals surface area (Å²) >= 11 is 1.95. The lowest BCUT2D eigenvalue weighted by molar-refractivity contribution is 0.211. The Morgan fingerprint density at radius 2 is 2.00 bits per heavy atom. The second-order valence-corrected chi connectivity index (χ2v) is 8.64. The minimum Gasteiger partial charge on any atom is -0.313 e. The summed E-state index contributed by atoms with van der Waals surface area (Å²) < 4.78 is 0. The number of nitrogens with zero attached hydrogens (tertiary/aromatic N) is 1. The van der Waals surface area contributed by atoms with E-state index in [-0.39, 0.29) is 0 Å². The molecule has 5 atom stereocenters. The van der Waals surface area contributed by atoms with Gasteiger partial charge in [-0.2, -0.15) is 17.0 Å². The Morgan fingerprint density at radius 3 is 2.91 bits per heavy atom. The van der Waals surface area contributed by atoms with Crippen LogP contribution in [0.25, 0.3) is 0 Å². The van der Waals surface area contributed by atoms with Crippen molar-refractivity contribution in [3.8, 4) is 6.07 Å². The Labute approximate surface area is 144 Å². The Balaban J connectivity index is 1.19. The van der Waals surface area contributed by atoms with Crippen LogP contribution in [0.2, 0.25) is 0 Å². The summed E-state index contributed by atoms with van der Waals surface area (Å²) in [6, 6.07) is 11.1. The molecule has 2 bridgehead atoms. The number of fused-ring (bicyclic) bond motifs is 5. The Bertz CT molecular complexity index is 594. The van der Waals surface area contributed by atoms with Crippen LogP contribution < -0.4 is 5.32 Å². The van der Waals surface area contributed by atoms with Crippen molar-refractivity contribution in [3.05, 3.63) is 35.4 Å². The maximum atomic E-state index is 9.13. The summed E-state index contributed by atoms with van der Waals surface area (Å²) in [5.41, 5.74) is 2.00. The highest BCUT2D eigenvalue weighted by Crippen LogP contribution is 2.58. The summed E-state index contributed by atoms with van der Waals surface area (Å²) in [5, 5.41) is 13.0. The Morgan fingerprint density at radius 1 is 1.13 bits per heavy atom. The van der Waals surface area contributed by atoms with Gasteiger partial charge in [0.15, 0.2) is 0 Å². The van der Waals surface area contributed by atoms with Crippen LogP contribution in [0.5, 0.6) is 0 Å². The minimum absolute atomic E-state index is 0.798. The van der Waals surface area contributed by atoms with Crippen LogP contribution in [0, 0.1) is 35.0 Å². The van der Waals surface area contributed by atoms with Gasteiger partial charge in [-0.1, -0.05) is 24.6 Å². The number of thioether (sulfide) groups is 1. The number of nitriles is 1. The number of rotatable bonds is 6. The van der Waals surface area contributed by atoms with Gasteiger partial charge in [0.2, 0.25) is 0 Å². The topological polar surface area (TPSA) is 35.8 Å². The van der Waals surface area contributed by atoms with Gasteiger partial charge in [-0.05, 0) is 61.0 Å². The molecule has 0 unspecified atom stereocenters. The first-order valence-electron chi connectivity index (χ1n) is 9.16. The van der Waals surface area contributed by atoms with E-state index in [0.29, 0.717) is 0 Å². The zero-order valence-electron chi connectivity index (χ0n) is 13.7. The fourth-order valence-electron chi connectivity index (χ4n) is 5.56. The first kappa shape index (κ1) is 15.5. The minimum atomic E-state index is 0.798. The third-order valence-electron chi connectivity index (χ3n) is 6.48. The SMILES string of the molecule is N#Cc1ccccc1CSCCN[C@H]1C[C@H]2C[C@@H]1[C@H]1CCC[C@H]21. The van der Waals surface area contributed by atoms with E-state index in [1.807, 2.05) is 30.0 Å². The lowest BCUT2D eigenvalue weighted by Gasteiger charge is -2.32. The molecular formula is C20H26N2S. The molecule has 122 valence electrons. The van der Waals surface area contributed by atoms with Crippen LogP contribution in [-0.4, -0.2) is 18.3 Å². The molecule has 0 amide bonds. The van der Waals surface area contributed by atoms with Gasteiger partial charge in [-0.15, -0.1) is 0 Å². The van der Waals surface area contributed by atoms with Gasteiger partial charge in [-0.3, -0.25) is 0 Å². The molecule has 0 radical (unpaired) electrons. The molecule has 0 aromatic heterocycles.